The summed E-state index contributed by atoms with van der Waals surface area (Å²) >= 11 is 2.28. The maximum atomic E-state index is 13.0. The molecule has 0 saturated carbocycles. The third-order valence-corrected chi connectivity index (χ3v) is 7.27. The van der Waals surface area contributed by atoms with E-state index in [0.29, 0.717) is 22.0 Å². The lowest BCUT2D eigenvalue weighted by Gasteiger charge is -2.30. The standard InChI is InChI=1S/C19H9F6NO3S3/c20-18(21,22)17(28,19(23,24)25)14-7-26-16(32-14)31-10-1-2-11-12(9-3-4-30-8-9)6-15(27)29-13(11)5-10/h1-8,28H. The van der Waals surface area contributed by atoms with E-state index < -0.39 is 28.5 Å². The second kappa shape index (κ2) is 7.90. The molecule has 0 spiro atoms. The fourth-order valence-corrected chi connectivity index (χ4v) is 5.64. The maximum Gasteiger partial charge on any atom is 0.431 e. The molecule has 0 atom stereocenters. The molecule has 4 nitrogen and oxygen atoms in total. The first-order chi connectivity index (χ1) is 14.9. The number of thiophene rings is 1. The zero-order valence-corrected chi connectivity index (χ0v) is 17.8. The summed E-state index contributed by atoms with van der Waals surface area (Å²) in [5.74, 6) is 0. The van der Waals surface area contributed by atoms with Gasteiger partial charge in [0, 0.05) is 28.1 Å². The lowest BCUT2D eigenvalue weighted by atomic mass is 10.0. The third kappa shape index (κ3) is 3.93. The van der Waals surface area contributed by atoms with Gasteiger partial charge in [0.1, 0.15) is 5.58 Å². The van der Waals surface area contributed by atoms with E-state index in [1.54, 1.807) is 12.1 Å². The van der Waals surface area contributed by atoms with Crippen molar-refractivity contribution in [3.8, 4) is 11.1 Å². The first kappa shape index (κ1) is 22.8. The number of halogens is 6. The fraction of sp³-hybridized carbons (Fsp3) is 0.158. The molecule has 32 heavy (non-hydrogen) atoms. The van der Waals surface area contributed by atoms with Crippen LogP contribution in [0.5, 0.6) is 0 Å². The molecule has 0 unspecified atom stereocenters. The van der Waals surface area contributed by atoms with Gasteiger partial charge in [-0.2, -0.15) is 37.7 Å². The van der Waals surface area contributed by atoms with Gasteiger partial charge in [-0.15, -0.1) is 11.3 Å². The molecule has 3 aromatic heterocycles. The van der Waals surface area contributed by atoms with E-state index in [9.17, 15) is 36.2 Å². The van der Waals surface area contributed by atoms with Crippen molar-refractivity contribution in [2.45, 2.75) is 27.2 Å². The molecule has 0 aliphatic heterocycles. The molecule has 1 N–H and O–H groups in total. The summed E-state index contributed by atoms with van der Waals surface area (Å²) < 4.78 is 83.3. The second-order valence-electron chi connectivity index (χ2n) is 6.45. The van der Waals surface area contributed by atoms with E-state index in [1.807, 2.05) is 16.8 Å². The van der Waals surface area contributed by atoms with Crippen LogP contribution in [-0.4, -0.2) is 22.4 Å². The maximum absolute atomic E-state index is 13.0. The Balaban J connectivity index is 1.70. The lowest BCUT2D eigenvalue weighted by molar-refractivity contribution is -0.375. The first-order valence-electron chi connectivity index (χ1n) is 8.50. The Morgan fingerprint density at radius 2 is 1.75 bits per heavy atom. The number of thiazole rings is 1. The van der Waals surface area contributed by atoms with Gasteiger partial charge in [-0.05, 0) is 40.6 Å². The van der Waals surface area contributed by atoms with Gasteiger partial charge in [0.05, 0.1) is 4.88 Å². The zero-order valence-electron chi connectivity index (χ0n) is 15.3. The van der Waals surface area contributed by atoms with E-state index in [4.69, 9.17) is 4.42 Å². The molecule has 0 bridgehead atoms. The van der Waals surface area contributed by atoms with Crippen molar-refractivity contribution in [2.24, 2.45) is 0 Å². The molecule has 0 amide bonds. The summed E-state index contributed by atoms with van der Waals surface area (Å²) in [6, 6.07) is 7.80. The number of fused-ring (bicyclic) bond motifs is 1. The van der Waals surface area contributed by atoms with Crippen LogP contribution in [0.25, 0.3) is 22.1 Å². The van der Waals surface area contributed by atoms with Crippen LogP contribution in [-0.2, 0) is 5.60 Å². The topological polar surface area (TPSA) is 63.3 Å². The summed E-state index contributed by atoms with van der Waals surface area (Å²) in [6.45, 7) is 0. The Bertz CT molecular complexity index is 1310. The van der Waals surface area contributed by atoms with Gasteiger partial charge < -0.3 is 9.52 Å². The van der Waals surface area contributed by atoms with Crippen LogP contribution in [0.15, 0.2) is 65.7 Å². The molecular weight excluding hydrogens is 500 g/mol. The van der Waals surface area contributed by atoms with E-state index in [-0.39, 0.29) is 21.3 Å². The van der Waals surface area contributed by atoms with Crippen LogP contribution >= 0.6 is 34.4 Å². The summed E-state index contributed by atoms with van der Waals surface area (Å²) in [6.07, 6.45) is -11.6. The molecule has 0 radical (unpaired) electrons. The SMILES string of the molecule is O=c1cc(-c2ccsc2)c2ccc(Sc3ncc(C(O)(C(F)(F)F)C(F)(F)F)s3)cc2o1. The highest BCUT2D eigenvalue weighted by Gasteiger charge is 2.72. The molecule has 0 aliphatic rings. The molecule has 3 heterocycles. The normalized spacial score (nSPS) is 13.1. The van der Waals surface area contributed by atoms with Crippen molar-refractivity contribution in [2.75, 3.05) is 0 Å². The summed E-state index contributed by atoms with van der Waals surface area (Å²) in [5, 5.41) is 13.8. The highest BCUT2D eigenvalue weighted by molar-refractivity contribution is 8.01. The molecule has 168 valence electrons. The molecular formula is C19H9F6NO3S3. The van der Waals surface area contributed by atoms with E-state index in [0.717, 1.165) is 17.3 Å². The summed E-state index contributed by atoms with van der Waals surface area (Å²) in [4.78, 5) is 14.5. The number of hydrogen-bond donors (Lipinski definition) is 1. The van der Waals surface area contributed by atoms with Crippen molar-refractivity contribution in [3.63, 3.8) is 0 Å². The van der Waals surface area contributed by atoms with Gasteiger partial charge in [-0.3, -0.25) is 0 Å². The lowest BCUT2D eigenvalue weighted by Crippen LogP contribution is -2.53. The van der Waals surface area contributed by atoms with E-state index in [2.05, 4.69) is 4.98 Å². The van der Waals surface area contributed by atoms with Crippen LogP contribution < -0.4 is 5.63 Å². The Hall–Kier alpha value is -2.35. The predicted octanol–water partition coefficient (Wildman–Crippen LogP) is 6.44. The minimum absolute atomic E-state index is 0.0690. The summed E-state index contributed by atoms with van der Waals surface area (Å²) in [5.41, 5.74) is -4.01. The van der Waals surface area contributed by atoms with Crippen LogP contribution in [0.2, 0.25) is 0 Å². The molecule has 0 aliphatic carbocycles. The largest absolute Gasteiger partial charge is 0.431 e. The average molecular weight is 509 g/mol. The van der Waals surface area contributed by atoms with Gasteiger partial charge in [0.15, 0.2) is 4.34 Å². The van der Waals surface area contributed by atoms with Gasteiger partial charge >= 0.3 is 18.0 Å². The van der Waals surface area contributed by atoms with Gasteiger partial charge in [0.2, 0.25) is 0 Å². The Morgan fingerprint density at radius 1 is 1.03 bits per heavy atom. The Morgan fingerprint density at radius 3 is 2.38 bits per heavy atom. The smallest absolute Gasteiger partial charge is 0.423 e. The number of hydrogen-bond acceptors (Lipinski definition) is 7. The Labute approximate surface area is 187 Å². The van der Waals surface area contributed by atoms with E-state index >= 15 is 0 Å². The fourth-order valence-electron chi connectivity index (χ4n) is 2.88. The molecule has 1 aromatic carbocycles. The highest BCUT2D eigenvalue weighted by Crippen LogP contribution is 2.52. The van der Waals surface area contributed by atoms with Gasteiger partial charge in [-0.25, -0.2) is 9.78 Å². The van der Waals surface area contributed by atoms with Crippen molar-refractivity contribution >= 4 is 45.4 Å². The van der Waals surface area contributed by atoms with Crippen LogP contribution in [0.1, 0.15) is 4.88 Å². The quantitative estimate of drug-likeness (QED) is 0.253. The number of nitrogens with zero attached hydrogens (tertiary/aromatic N) is 1. The van der Waals surface area contributed by atoms with Crippen LogP contribution in [0.4, 0.5) is 26.3 Å². The monoisotopic (exact) mass is 509 g/mol. The Kier molecular flexibility index (Phi) is 5.64. The minimum atomic E-state index is -5.98. The van der Waals surface area contributed by atoms with E-state index in [1.165, 1.54) is 23.5 Å². The zero-order chi connectivity index (χ0) is 23.3. The summed E-state index contributed by atoms with van der Waals surface area (Å²) in [7, 11) is 0. The van der Waals surface area contributed by atoms with Crippen molar-refractivity contribution in [3.05, 3.63) is 62.6 Å². The number of aromatic nitrogens is 1. The number of benzene rings is 1. The van der Waals surface area contributed by atoms with Gasteiger partial charge in [0.25, 0.3) is 5.60 Å². The van der Waals surface area contributed by atoms with Gasteiger partial charge in [-0.1, -0.05) is 11.8 Å². The molecule has 0 saturated heterocycles. The van der Waals surface area contributed by atoms with Crippen LogP contribution in [0.3, 0.4) is 0 Å². The molecule has 4 rings (SSSR count). The predicted molar refractivity (Wildman–Crippen MR) is 108 cm³/mol. The molecule has 13 heteroatoms. The number of rotatable bonds is 4. The first-order valence-corrected chi connectivity index (χ1v) is 11.1. The average Bonchev–Trinajstić information content (AvgIpc) is 3.37. The highest BCUT2D eigenvalue weighted by atomic mass is 32.2. The number of aliphatic hydroxyl groups is 1. The van der Waals surface area contributed by atoms with Crippen LogP contribution in [0, 0.1) is 0 Å². The minimum Gasteiger partial charge on any atom is -0.423 e. The van der Waals surface area contributed by atoms with Crippen molar-refractivity contribution in [1.82, 2.24) is 4.98 Å². The third-order valence-electron chi connectivity index (χ3n) is 4.41. The van der Waals surface area contributed by atoms with Crippen molar-refractivity contribution < 1.29 is 35.9 Å². The number of alkyl halides is 6. The molecule has 0 fully saturated rings. The second-order valence-corrected chi connectivity index (χ2v) is 9.58. The van der Waals surface area contributed by atoms with Crippen molar-refractivity contribution in [1.29, 1.82) is 0 Å². The molecule has 4 aromatic rings.